The van der Waals surface area contributed by atoms with E-state index in [4.69, 9.17) is 4.74 Å². The van der Waals surface area contributed by atoms with Crippen LogP contribution in [0.25, 0.3) is 10.4 Å². The van der Waals surface area contributed by atoms with Gasteiger partial charge in [0.05, 0.1) is 13.1 Å². The van der Waals surface area contributed by atoms with Gasteiger partial charge in [-0.2, -0.15) is 0 Å². The molecule has 0 radical (unpaired) electrons. The van der Waals surface area contributed by atoms with E-state index >= 15 is 0 Å². The minimum absolute atomic E-state index is 0.00381. The van der Waals surface area contributed by atoms with Crippen LogP contribution < -0.4 is 0 Å². The third-order valence-electron chi connectivity index (χ3n) is 4.66. The van der Waals surface area contributed by atoms with Crippen molar-refractivity contribution in [2.75, 3.05) is 26.7 Å². The molecule has 2 amide bonds. The van der Waals surface area contributed by atoms with Gasteiger partial charge >= 0.3 is 6.09 Å². The second kappa shape index (κ2) is 5.63. The molecule has 0 bridgehead atoms. The Kier molecular flexibility index (Phi) is 3.57. The lowest BCUT2D eigenvalue weighted by atomic mass is 10.0. The smallest absolute Gasteiger partial charge is 0.410 e. The molecule has 2 saturated heterocycles. The molecule has 6 heteroatoms. The highest BCUT2D eigenvalue weighted by molar-refractivity contribution is 7.13. The SMILES string of the molecule is CN1CC2(CCN(C(=O)c3cccc(-c4cccs4)c3)C2)OC1=O. The van der Waals surface area contributed by atoms with Gasteiger partial charge < -0.3 is 14.5 Å². The highest BCUT2D eigenvalue weighted by Crippen LogP contribution is 2.33. The van der Waals surface area contributed by atoms with Crippen molar-refractivity contribution >= 4 is 23.3 Å². The highest BCUT2D eigenvalue weighted by atomic mass is 32.1. The summed E-state index contributed by atoms with van der Waals surface area (Å²) in [4.78, 5) is 29.0. The summed E-state index contributed by atoms with van der Waals surface area (Å²) in [6.45, 7) is 1.62. The van der Waals surface area contributed by atoms with Crippen LogP contribution in [0.3, 0.4) is 0 Å². The number of nitrogens with zero attached hydrogens (tertiary/aromatic N) is 2. The summed E-state index contributed by atoms with van der Waals surface area (Å²) in [6, 6.07) is 11.8. The molecule has 1 aromatic carbocycles. The van der Waals surface area contributed by atoms with Gasteiger partial charge in [-0.15, -0.1) is 11.3 Å². The Balaban J connectivity index is 1.53. The largest absolute Gasteiger partial charge is 0.439 e. The molecule has 1 atom stereocenters. The summed E-state index contributed by atoms with van der Waals surface area (Å²) in [6.07, 6.45) is 0.392. The van der Waals surface area contributed by atoms with Crippen molar-refractivity contribution in [3.05, 3.63) is 47.3 Å². The van der Waals surface area contributed by atoms with E-state index in [-0.39, 0.29) is 12.0 Å². The van der Waals surface area contributed by atoms with Gasteiger partial charge in [-0.1, -0.05) is 18.2 Å². The van der Waals surface area contributed by atoms with Crippen LogP contribution in [-0.4, -0.2) is 54.1 Å². The number of rotatable bonds is 2. The molecule has 124 valence electrons. The Morgan fingerprint density at radius 1 is 1.25 bits per heavy atom. The number of likely N-dealkylation sites (N-methyl/N-ethyl adjacent to an activating group) is 1. The fourth-order valence-electron chi connectivity index (χ4n) is 3.45. The van der Waals surface area contributed by atoms with Gasteiger partial charge in [-0.3, -0.25) is 4.79 Å². The first-order valence-corrected chi connectivity index (χ1v) is 8.82. The van der Waals surface area contributed by atoms with E-state index in [0.29, 0.717) is 31.6 Å². The van der Waals surface area contributed by atoms with E-state index in [1.165, 1.54) is 0 Å². The summed E-state index contributed by atoms with van der Waals surface area (Å²) in [5, 5.41) is 2.03. The maximum atomic E-state index is 12.8. The first kappa shape index (κ1) is 15.2. The molecule has 0 saturated carbocycles. The van der Waals surface area contributed by atoms with Crippen LogP contribution in [0.1, 0.15) is 16.8 Å². The third-order valence-corrected chi connectivity index (χ3v) is 5.58. The molecule has 2 aliphatic heterocycles. The van der Waals surface area contributed by atoms with Crippen molar-refractivity contribution < 1.29 is 14.3 Å². The van der Waals surface area contributed by atoms with Crippen LogP contribution in [0.5, 0.6) is 0 Å². The molecular formula is C18H18N2O3S. The Morgan fingerprint density at radius 2 is 2.12 bits per heavy atom. The van der Waals surface area contributed by atoms with E-state index in [9.17, 15) is 9.59 Å². The van der Waals surface area contributed by atoms with Crippen molar-refractivity contribution in [3.63, 3.8) is 0 Å². The van der Waals surface area contributed by atoms with Crippen molar-refractivity contribution in [1.82, 2.24) is 9.80 Å². The van der Waals surface area contributed by atoms with Crippen LogP contribution >= 0.6 is 11.3 Å². The Hall–Kier alpha value is -2.34. The zero-order chi connectivity index (χ0) is 16.7. The lowest BCUT2D eigenvalue weighted by molar-refractivity contribution is 0.0553. The zero-order valence-electron chi connectivity index (χ0n) is 13.4. The Labute approximate surface area is 144 Å². The molecule has 2 aromatic rings. The molecule has 1 spiro atoms. The average molecular weight is 342 g/mol. The minimum atomic E-state index is -0.535. The normalized spacial score (nSPS) is 23.1. The Bertz CT molecular complexity index is 789. The van der Waals surface area contributed by atoms with Gasteiger partial charge in [0.15, 0.2) is 5.60 Å². The summed E-state index contributed by atoms with van der Waals surface area (Å²) >= 11 is 1.66. The number of carbonyl (C=O) groups is 2. The minimum Gasteiger partial charge on any atom is -0.439 e. The first-order valence-electron chi connectivity index (χ1n) is 7.94. The fourth-order valence-corrected chi connectivity index (χ4v) is 4.18. The molecule has 0 aliphatic carbocycles. The van der Waals surface area contributed by atoms with E-state index < -0.39 is 5.60 Å². The second-order valence-corrected chi connectivity index (χ2v) is 7.39. The quantitative estimate of drug-likeness (QED) is 0.843. The molecule has 3 heterocycles. The molecule has 2 aliphatic rings. The second-order valence-electron chi connectivity index (χ2n) is 6.44. The number of amides is 2. The standard InChI is InChI=1S/C18H18N2O3S/c1-19-11-18(23-17(19)22)7-8-20(12-18)16(21)14-5-2-4-13(10-14)15-6-3-9-24-15/h2-6,9-10H,7-8,11-12H2,1H3. The number of likely N-dealkylation sites (tertiary alicyclic amines) is 1. The number of benzene rings is 1. The zero-order valence-corrected chi connectivity index (χ0v) is 14.2. The Morgan fingerprint density at radius 3 is 2.83 bits per heavy atom. The lowest BCUT2D eigenvalue weighted by Gasteiger charge is -2.22. The summed E-state index contributed by atoms with van der Waals surface area (Å²) in [5.74, 6) is -0.00381. The van der Waals surface area contributed by atoms with Gasteiger partial charge in [0.1, 0.15) is 0 Å². The van der Waals surface area contributed by atoms with E-state index in [2.05, 4.69) is 0 Å². The van der Waals surface area contributed by atoms with Gasteiger partial charge in [0.25, 0.3) is 5.91 Å². The van der Waals surface area contributed by atoms with Gasteiger partial charge in [-0.25, -0.2) is 4.79 Å². The average Bonchev–Trinajstić information content (AvgIpc) is 3.29. The van der Waals surface area contributed by atoms with Crippen molar-refractivity contribution in [1.29, 1.82) is 0 Å². The number of carbonyl (C=O) groups excluding carboxylic acids is 2. The lowest BCUT2D eigenvalue weighted by Crippen LogP contribution is -2.39. The predicted octanol–water partition coefficient (Wildman–Crippen LogP) is 3.08. The molecule has 5 nitrogen and oxygen atoms in total. The summed E-state index contributed by atoms with van der Waals surface area (Å²) in [5.41, 5.74) is 1.19. The molecule has 24 heavy (non-hydrogen) atoms. The maximum Gasteiger partial charge on any atom is 0.410 e. The topological polar surface area (TPSA) is 49.9 Å². The van der Waals surface area contributed by atoms with Crippen molar-refractivity contribution in [2.24, 2.45) is 0 Å². The highest BCUT2D eigenvalue weighted by Gasteiger charge is 2.49. The number of ether oxygens (including phenoxy) is 1. The molecule has 4 rings (SSSR count). The number of thiophene rings is 1. The first-order chi connectivity index (χ1) is 11.6. The monoisotopic (exact) mass is 342 g/mol. The van der Waals surface area contributed by atoms with Crippen LogP contribution in [0, 0.1) is 0 Å². The molecular weight excluding hydrogens is 324 g/mol. The number of hydrogen-bond donors (Lipinski definition) is 0. The van der Waals surface area contributed by atoms with Crippen LogP contribution in [0.4, 0.5) is 4.79 Å². The third kappa shape index (κ3) is 2.57. The van der Waals surface area contributed by atoms with Crippen LogP contribution in [-0.2, 0) is 4.74 Å². The van der Waals surface area contributed by atoms with Crippen LogP contribution in [0.2, 0.25) is 0 Å². The van der Waals surface area contributed by atoms with Gasteiger partial charge in [-0.05, 0) is 29.1 Å². The van der Waals surface area contributed by atoms with E-state index in [1.54, 1.807) is 28.2 Å². The van der Waals surface area contributed by atoms with E-state index in [0.717, 1.165) is 10.4 Å². The number of hydrogen-bond acceptors (Lipinski definition) is 4. The predicted molar refractivity (Wildman–Crippen MR) is 92.1 cm³/mol. The van der Waals surface area contributed by atoms with Crippen molar-refractivity contribution in [3.8, 4) is 10.4 Å². The van der Waals surface area contributed by atoms with Crippen LogP contribution in [0.15, 0.2) is 41.8 Å². The summed E-state index contributed by atoms with van der Waals surface area (Å²) in [7, 11) is 1.73. The molecule has 1 aromatic heterocycles. The fraction of sp³-hybridized carbons (Fsp3) is 0.333. The van der Waals surface area contributed by atoms with E-state index in [1.807, 2.05) is 41.8 Å². The van der Waals surface area contributed by atoms with Crippen molar-refractivity contribution in [2.45, 2.75) is 12.0 Å². The molecule has 2 fully saturated rings. The molecule has 1 unspecified atom stereocenters. The maximum absolute atomic E-state index is 12.8. The molecule has 0 N–H and O–H groups in total. The summed E-state index contributed by atoms with van der Waals surface area (Å²) < 4.78 is 5.52. The van der Waals surface area contributed by atoms with Gasteiger partial charge in [0.2, 0.25) is 0 Å². The van der Waals surface area contributed by atoms with Gasteiger partial charge in [0, 0.05) is 30.5 Å².